The molecule has 3 nitrogen and oxygen atoms in total. The summed E-state index contributed by atoms with van der Waals surface area (Å²) in [5, 5.41) is 10.2. The van der Waals surface area contributed by atoms with E-state index in [1.54, 1.807) is 0 Å². The largest absolute Gasteiger partial charge is 0.389 e. The van der Waals surface area contributed by atoms with Crippen molar-refractivity contribution in [3.05, 3.63) is 29.8 Å². The highest BCUT2D eigenvalue weighted by Crippen LogP contribution is 2.26. The molecule has 1 heterocycles. The van der Waals surface area contributed by atoms with Gasteiger partial charge in [0, 0.05) is 25.3 Å². The van der Waals surface area contributed by atoms with Crippen LogP contribution in [-0.4, -0.2) is 30.3 Å². The average Bonchev–Trinajstić information content (AvgIpc) is 2.53. The van der Waals surface area contributed by atoms with E-state index in [4.69, 9.17) is 5.73 Å². The molecule has 1 unspecified atom stereocenters. The Hall–Kier alpha value is -1.06. The number of rotatable bonds is 2. The Labute approximate surface area is 103 Å². The molecule has 1 aromatic rings. The Kier molecular flexibility index (Phi) is 3.69. The lowest BCUT2D eigenvalue weighted by Crippen LogP contribution is -2.38. The predicted molar refractivity (Wildman–Crippen MR) is 71.2 cm³/mol. The van der Waals surface area contributed by atoms with E-state index < -0.39 is 5.60 Å². The predicted octanol–water partition coefficient (Wildman–Crippen LogP) is 1.68. The standard InChI is InChI=1S/C14H22N2O/c1-12-5-2-3-6-13(12)16-9-4-7-14(17,11-15)8-10-16/h2-3,5-6,17H,4,7-11,15H2,1H3. The summed E-state index contributed by atoms with van der Waals surface area (Å²) in [4.78, 5) is 2.36. The van der Waals surface area contributed by atoms with Crippen molar-refractivity contribution < 1.29 is 5.11 Å². The van der Waals surface area contributed by atoms with Gasteiger partial charge in [0.15, 0.2) is 0 Å². The van der Waals surface area contributed by atoms with E-state index in [-0.39, 0.29) is 0 Å². The third-order valence-corrected chi connectivity index (χ3v) is 3.75. The zero-order valence-corrected chi connectivity index (χ0v) is 10.5. The van der Waals surface area contributed by atoms with Gasteiger partial charge in [0.05, 0.1) is 5.60 Å². The fourth-order valence-electron chi connectivity index (χ4n) is 2.54. The van der Waals surface area contributed by atoms with Gasteiger partial charge in [-0.3, -0.25) is 0 Å². The van der Waals surface area contributed by atoms with Gasteiger partial charge in [-0.2, -0.15) is 0 Å². The first kappa shape index (κ1) is 12.4. The summed E-state index contributed by atoms with van der Waals surface area (Å²) >= 11 is 0. The van der Waals surface area contributed by atoms with E-state index in [1.165, 1.54) is 11.3 Å². The molecule has 1 atom stereocenters. The minimum absolute atomic E-state index is 0.370. The molecule has 0 aromatic heterocycles. The van der Waals surface area contributed by atoms with Crippen LogP contribution in [0.4, 0.5) is 5.69 Å². The van der Waals surface area contributed by atoms with Crippen molar-refractivity contribution in [2.75, 3.05) is 24.5 Å². The quantitative estimate of drug-likeness (QED) is 0.818. The number of benzene rings is 1. The summed E-state index contributed by atoms with van der Waals surface area (Å²) in [7, 11) is 0. The lowest BCUT2D eigenvalue weighted by atomic mass is 9.95. The van der Waals surface area contributed by atoms with Crippen LogP contribution in [0.25, 0.3) is 0 Å². The first-order chi connectivity index (χ1) is 8.14. The van der Waals surface area contributed by atoms with Gasteiger partial charge in [-0.1, -0.05) is 18.2 Å². The van der Waals surface area contributed by atoms with E-state index in [0.717, 1.165) is 32.4 Å². The second-order valence-electron chi connectivity index (χ2n) is 5.06. The zero-order chi connectivity index (χ0) is 12.3. The third kappa shape index (κ3) is 2.79. The van der Waals surface area contributed by atoms with Crippen LogP contribution in [0.15, 0.2) is 24.3 Å². The maximum absolute atomic E-state index is 10.2. The molecular weight excluding hydrogens is 212 g/mol. The highest BCUT2D eigenvalue weighted by molar-refractivity contribution is 5.53. The lowest BCUT2D eigenvalue weighted by Gasteiger charge is -2.26. The van der Waals surface area contributed by atoms with Crippen molar-refractivity contribution in [1.82, 2.24) is 0 Å². The number of hydrogen-bond donors (Lipinski definition) is 2. The molecule has 0 amide bonds. The molecule has 1 saturated heterocycles. The second-order valence-corrected chi connectivity index (χ2v) is 5.06. The number of anilines is 1. The Morgan fingerprint density at radius 2 is 2.06 bits per heavy atom. The van der Waals surface area contributed by atoms with Crippen LogP contribution < -0.4 is 10.6 Å². The van der Waals surface area contributed by atoms with Crippen LogP contribution in [0.2, 0.25) is 0 Å². The van der Waals surface area contributed by atoms with Crippen LogP contribution in [0.1, 0.15) is 24.8 Å². The van der Waals surface area contributed by atoms with Crippen molar-refractivity contribution in [3.8, 4) is 0 Å². The first-order valence-corrected chi connectivity index (χ1v) is 6.38. The molecule has 2 rings (SSSR count). The van der Waals surface area contributed by atoms with Crippen molar-refractivity contribution >= 4 is 5.69 Å². The molecule has 3 N–H and O–H groups in total. The smallest absolute Gasteiger partial charge is 0.0786 e. The number of nitrogens with zero attached hydrogens (tertiary/aromatic N) is 1. The molecule has 17 heavy (non-hydrogen) atoms. The molecular formula is C14H22N2O. The number of para-hydroxylation sites is 1. The van der Waals surface area contributed by atoms with E-state index in [0.29, 0.717) is 6.54 Å². The van der Waals surface area contributed by atoms with Gasteiger partial charge in [-0.05, 0) is 37.8 Å². The number of aryl methyl sites for hydroxylation is 1. The minimum Gasteiger partial charge on any atom is -0.389 e. The molecule has 0 bridgehead atoms. The highest BCUT2D eigenvalue weighted by atomic mass is 16.3. The normalized spacial score (nSPS) is 25.7. The zero-order valence-electron chi connectivity index (χ0n) is 10.5. The van der Waals surface area contributed by atoms with Crippen molar-refractivity contribution in [2.24, 2.45) is 5.73 Å². The molecule has 0 radical (unpaired) electrons. The molecule has 1 fully saturated rings. The molecule has 0 aliphatic carbocycles. The molecule has 1 aliphatic heterocycles. The maximum Gasteiger partial charge on any atom is 0.0786 e. The molecule has 3 heteroatoms. The topological polar surface area (TPSA) is 49.5 Å². The van der Waals surface area contributed by atoms with Gasteiger partial charge in [0.2, 0.25) is 0 Å². The fourth-order valence-corrected chi connectivity index (χ4v) is 2.54. The van der Waals surface area contributed by atoms with Gasteiger partial charge in [-0.25, -0.2) is 0 Å². The van der Waals surface area contributed by atoms with E-state index >= 15 is 0 Å². The summed E-state index contributed by atoms with van der Waals surface area (Å²) in [6.45, 7) is 4.40. The summed E-state index contributed by atoms with van der Waals surface area (Å²) < 4.78 is 0. The lowest BCUT2D eigenvalue weighted by molar-refractivity contribution is 0.0375. The second kappa shape index (κ2) is 5.07. The monoisotopic (exact) mass is 234 g/mol. The summed E-state index contributed by atoms with van der Waals surface area (Å²) in [6, 6.07) is 8.42. The van der Waals surface area contributed by atoms with Gasteiger partial charge in [0.25, 0.3) is 0 Å². The van der Waals surface area contributed by atoms with Crippen LogP contribution >= 0.6 is 0 Å². The fraction of sp³-hybridized carbons (Fsp3) is 0.571. The van der Waals surface area contributed by atoms with Gasteiger partial charge < -0.3 is 15.7 Å². The summed E-state index contributed by atoms with van der Waals surface area (Å²) in [5.74, 6) is 0. The van der Waals surface area contributed by atoms with Crippen molar-refractivity contribution in [2.45, 2.75) is 31.8 Å². The van der Waals surface area contributed by atoms with Crippen molar-refractivity contribution in [3.63, 3.8) is 0 Å². The minimum atomic E-state index is -0.655. The third-order valence-electron chi connectivity index (χ3n) is 3.75. The Morgan fingerprint density at radius 3 is 2.76 bits per heavy atom. The van der Waals surface area contributed by atoms with Crippen LogP contribution in [0, 0.1) is 6.92 Å². The Balaban J connectivity index is 2.12. The van der Waals surface area contributed by atoms with Crippen molar-refractivity contribution in [1.29, 1.82) is 0 Å². The first-order valence-electron chi connectivity index (χ1n) is 6.38. The van der Waals surface area contributed by atoms with Crippen LogP contribution in [0.3, 0.4) is 0 Å². The van der Waals surface area contributed by atoms with Crippen LogP contribution in [-0.2, 0) is 0 Å². The molecule has 1 aliphatic rings. The van der Waals surface area contributed by atoms with Gasteiger partial charge in [0.1, 0.15) is 0 Å². The molecule has 1 aromatic carbocycles. The Bertz CT molecular complexity index is 380. The molecule has 0 spiro atoms. The van der Waals surface area contributed by atoms with E-state index in [9.17, 15) is 5.11 Å². The van der Waals surface area contributed by atoms with E-state index in [1.807, 2.05) is 0 Å². The number of aliphatic hydroxyl groups is 1. The van der Waals surface area contributed by atoms with Gasteiger partial charge in [-0.15, -0.1) is 0 Å². The number of hydrogen-bond acceptors (Lipinski definition) is 3. The average molecular weight is 234 g/mol. The van der Waals surface area contributed by atoms with E-state index in [2.05, 4.69) is 36.1 Å². The van der Waals surface area contributed by atoms with Gasteiger partial charge >= 0.3 is 0 Å². The number of nitrogens with two attached hydrogens (primary N) is 1. The van der Waals surface area contributed by atoms with Crippen LogP contribution in [0.5, 0.6) is 0 Å². The summed E-state index contributed by atoms with van der Waals surface area (Å²) in [5.41, 5.74) is 7.58. The Morgan fingerprint density at radius 1 is 1.29 bits per heavy atom. The molecule has 94 valence electrons. The highest BCUT2D eigenvalue weighted by Gasteiger charge is 2.28. The maximum atomic E-state index is 10.2. The summed E-state index contributed by atoms with van der Waals surface area (Å²) in [6.07, 6.45) is 2.58. The molecule has 0 saturated carbocycles. The SMILES string of the molecule is Cc1ccccc1N1CCCC(O)(CN)CC1.